The lowest BCUT2D eigenvalue weighted by Crippen LogP contribution is -2.16. The van der Waals surface area contributed by atoms with Crippen molar-refractivity contribution in [2.45, 2.75) is 4.90 Å². The minimum atomic E-state index is -4.37. The van der Waals surface area contributed by atoms with Gasteiger partial charge in [-0.2, -0.15) is 0 Å². The Bertz CT molecular complexity index is 682. The maximum absolute atomic E-state index is 13.4. The third kappa shape index (κ3) is 2.79. The van der Waals surface area contributed by atoms with Crippen molar-refractivity contribution in [1.82, 2.24) is 4.98 Å². The van der Waals surface area contributed by atoms with Gasteiger partial charge < -0.3 is 5.73 Å². The molecule has 1 aromatic carbocycles. The molecular formula is C11H9F2N3O2S. The van der Waals surface area contributed by atoms with Crippen LogP contribution >= 0.6 is 0 Å². The van der Waals surface area contributed by atoms with E-state index in [4.69, 9.17) is 5.73 Å². The van der Waals surface area contributed by atoms with Crippen LogP contribution in [0.2, 0.25) is 0 Å². The number of anilines is 2. The SMILES string of the molecule is Nc1ccc(NS(=O)(=O)c2c(F)cccc2F)cn1. The number of pyridine rings is 1. The highest BCUT2D eigenvalue weighted by atomic mass is 32.2. The second kappa shape index (κ2) is 4.81. The molecule has 0 saturated heterocycles. The zero-order valence-electron chi connectivity index (χ0n) is 9.47. The number of hydrogen-bond donors (Lipinski definition) is 2. The topological polar surface area (TPSA) is 85.1 Å². The molecule has 100 valence electrons. The summed E-state index contributed by atoms with van der Waals surface area (Å²) in [6.45, 7) is 0. The molecule has 1 aromatic heterocycles. The van der Waals surface area contributed by atoms with E-state index in [1.165, 1.54) is 12.1 Å². The Morgan fingerprint density at radius 1 is 1.11 bits per heavy atom. The first-order chi connectivity index (χ1) is 8.90. The molecule has 0 radical (unpaired) electrons. The smallest absolute Gasteiger partial charge is 0.267 e. The van der Waals surface area contributed by atoms with Crippen molar-refractivity contribution < 1.29 is 17.2 Å². The number of nitrogens with one attached hydrogen (secondary N) is 1. The van der Waals surface area contributed by atoms with E-state index < -0.39 is 26.6 Å². The van der Waals surface area contributed by atoms with Gasteiger partial charge in [-0.15, -0.1) is 0 Å². The third-order valence-corrected chi connectivity index (χ3v) is 3.66. The molecule has 8 heteroatoms. The number of nitrogens with two attached hydrogens (primary N) is 1. The number of hydrogen-bond acceptors (Lipinski definition) is 4. The Labute approximate surface area is 108 Å². The van der Waals surface area contributed by atoms with E-state index in [0.29, 0.717) is 0 Å². The van der Waals surface area contributed by atoms with Crippen LogP contribution in [0.4, 0.5) is 20.3 Å². The first-order valence-corrected chi connectivity index (χ1v) is 6.57. The molecule has 0 aliphatic rings. The van der Waals surface area contributed by atoms with Crippen LogP contribution < -0.4 is 10.5 Å². The van der Waals surface area contributed by atoms with Gasteiger partial charge in [0.2, 0.25) is 0 Å². The summed E-state index contributed by atoms with van der Waals surface area (Å²) >= 11 is 0. The molecule has 0 atom stereocenters. The minimum Gasteiger partial charge on any atom is -0.384 e. The number of aromatic nitrogens is 1. The fraction of sp³-hybridized carbons (Fsp3) is 0. The summed E-state index contributed by atoms with van der Waals surface area (Å²) in [7, 11) is -4.37. The third-order valence-electron chi connectivity index (χ3n) is 2.23. The van der Waals surface area contributed by atoms with Crippen molar-refractivity contribution in [2.75, 3.05) is 10.5 Å². The van der Waals surface area contributed by atoms with Crippen LogP contribution in [-0.4, -0.2) is 13.4 Å². The van der Waals surface area contributed by atoms with Gasteiger partial charge in [-0.3, -0.25) is 4.72 Å². The number of sulfonamides is 1. The summed E-state index contributed by atoms with van der Waals surface area (Å²) in [5, 5.41) is 0. The van der Waals surface area contributed by atoms with Crippen LogP contribution in [-0.2, 0) is 10.0 Å². The van der Waals surface area contributed by atoms with E-state index in [1.807, 2.05) is 4.72 Å². The van der Waals surface area contributed by atoms with E-state index >= 15 is 0 Å². The molecule has 0 aliphatic carbocycles. The Morgan fingerprint density at radius 3 is 2.26 bits per heavy atom. The van der Waals surface area contributed by atoms with Crippen LogP contribution in [0.25, 0.3) is 0 Å². The van der Waals surface area contributed by atoms with Crippen molar-refractivity contribution in [3.8, 4) is 0 Å². The highest BCUT2D eigenvalue weighted by Gasteiger charge is 2.23. The average molecular weight is 285 g/mol. The lowest BCUT2D eigenvalue weighted by molar-refractivity contribution is 0.521. The fourth-order valence-electron chi connectivity index (χ4n) is 1.41. The quantitative estimate of drug-likeness (QED) is 0.899. The summed E-state index contributed by atoms with van der Waals surface area (Å²) < 4.78 is 52.6. The Morgan fingerprint density at radius 2 is 1.74 bits per heavy atom. The summed E-state index contributed by atoms with van der Waals surface area (Å²) in [6.07, 6.45) is 1.14. The molecule has 2 rings (SSSR count). The molecule has 0 unspecified atom stereocenters. The van der Waals surface area contributed by atoms with Crippen LogP contribution in [0.15, 0.2) is 41.4 Å². The van der Waals surface area contributed by atoms with E-state index in [0.717, 1.165) is 24.4 Å². The Kier molecular flexibility index (Phi) is 3.34. The zero-order chi connectivity index (χ0) is 14.0. The molecule has 19 heavy (non-hydrogen) atoms. The molecule has 0 aliphatic heterocycles. The van der Waals surface area contributed by atoms with Crippen LogP contribution in [0.3, 0.4) is 0 Å². The van der Waals surface area contributed by atoms with Crippen LogP contribution in [0.1, 0.15) is 0 Å². The highest BCUT2D eigenvalue weighted by molar-refractivity contribution is 7.92. The molecule has 3 N–H and O–H groups in total. The van der Waals surface area contributed by atoms with Gasteiger partial charge >= 0.3 is 0 Å². The van der Waals surface area contributed by atoms with Crippen molar-refractivity contribution >= 4 is 21.5 Å². The normalized spacial score (nSPS) is 11.3. The average Bonchev–Trinajstić information content (AvgIpc) is 2.31. The van der Waals surface area contributed by atoms with Crippen molar-refractivity contribution in [3.05, 3.63) is 48.2 Å². The number of nitrogen functional groups attached to an aromatic ring is 1. The molecule has 0 spiro atoms. The van der Waals surface area contributed by atoms with Gasteiger partial charge in [0.15, 0.2) is 4.90 Å². The second-order valence-corrected chi connectivity index (χ2v) is 5.25. The van der Waals surface area contributed by atoms with Gasteiger partial charge in [0.25, 0.3) is 10.0 Å². The first-order valence-electron chi connectivity index (χ1n) is 5.08. The summed E-state index contributed by atoms with van der Waals surface area (Å²) in [5.41, 5.74) is 5.39. The largest absolute Gasteiger partial charge is 0.384 e. The van der Waals surface area contributed by atoms with E-state index in [9.17, 15) is 17.2 Å². The Hall–Kier alpha value is -2.22. The van der Waals surface area contributed by atoms with Gasteiger partial charge in [-0.25, -0.2) is 22.2 Å². The molecule has 5 nitrogen and oxygen atoms in total. The molecule has 0 saturated carbocycles. The summed E-state index contributed by atoms with van der Waals surface area (Å²) in [6, 6.07) is 5.49. The lowest BCUT2D eigenvalue weighted by atomic mass is 10.3. The van der Waals surface area contributed by atoms with Crippen LogP contribution in [0.5, 0.6) is 0 Å². The molecule has 2 aromatic rings. The fourth-order valence-corrected chi connectivity index (χ4v) is 2.59. The summed E-state index contributed by atoms with van der Waals surface area (Å²) in [4.78, 5) is 2.63. The zero-order valence-corrected chi connectivity index (χ0v) is 10.3. The first kappa shape index (κ1) is 13.2. The van der Waals surface area contributed by atoms with Gasteiger partial charge in [-0.1, -0.05) is 6.07 Å². The summed E-state index contributed by atoms with van der Waals surface area (Å²) in [5.74, 6) is -2.15. The van der Waals surface area contributed by atoms with Crippen molar-refractivity contribution in [1.29, 1.82) is 0 Å². The van der Waals surface area contributed by atoms with Gasteiger partial charge in [0.1, 0.15) is 17.5 Å². The monoisotopic (exact) mass is 285 g/mol. The molecule has 0 bridgehead atoms. The Balaban J connectivity index is 2.41. The molecule has 0 amide bonds. The minimum absolute atomic E-state index is 0.0526. The van der Waals surface area contributed by atoms with Gasteiger partial charge in [0, 0.05) is 0 Å². The lowest BCUT2D eigenvalue weighted by Gasteiger charge is -2.09. The van der Waals surface area contributed by atoms with Gasteiger partial charge in [-0.05, 0) is 24.3 Å². The van der Waals surface area contributed by atoms with Crippen molar-refractivity contribution in [2.24, 2.45) is 0 Å². The second-order valence-electron chi connectivity index (χ2n) is 3.63. The predicted octanol–water partition coefficient (Wildman–Crippen LogP) is 1.74. The van der Waals surface area contributed by atoms with E-state index in [-0.39, 0.29) is 11.5 Å². The van der Waals surface area contributed by atoms with Crippen LogP contribution in [0, 0.1) is 11.6 Å². The maximum atomic E-state index is 13.4. The highest BCUT2D eigenvalue weighted by Crippen LogP contribution is 2.21. The predicted molar refractivity (Wildman–Crippen MR) is 65.8 cm³/mol. The standard InChI is InChI=1S/C11H9F2N3O2S/c12-8-2-1-3-9(13)11(8)19(17,18)16-7-4-5-10(14)15-6-7/h1-6,16H,(H2,14,15). The number of rotatable bonds is 3. The molecular weight excluding hydrogens is 276 g/mol. The van der Waals surface area contributed by atoms with Crippen molar-refractivity contribution in [3.63, 3.8) is 0 Å². The number of nitrogens with zero attached hydrogens (tertiary/aromatic N) is 1. The number of benzene rings is 1. The van der Waals surface area contributed by atoms with E-state index in [1.54, 1.807) is 0 Å². The van der Waals surface area contributed by atoms with Gasteiger partial charge in [0.05, 0.1) is 11.9 Å². The maximum Gasteiger partial charge on any atom is 0.267 e. The van der Waals surface area contributed by atoms with E-state index in [2.05, 4.69) is 4.98 Å². The molecule has 0 fully saturated rings. The molecule has 1 heterocycles. The number of halogens is 2.